The summed E-state index contributed by atoms with van der Waals surface area (Å²) in [5, 5.41) is 13.5. The first-order valence-electron chi connectivity index (χ1n) is 11.2. The normalized spacial score (nSPS) is 15.8. The van der Waals surface area contributed by atoms with E-state index in [9.17, 15) is 22.8 Å². The summed E-state index contributed by atoms with van der Waals surface area (Å²) in [6.45, 7) is 6.07. The quantitative estimate of drug-likeness (QED) is 0.546. The van der Waals surface area contributed by atoms with Crippen LogP contribution < -0.4 is 10.2 Å². The molecule has 1 N–H and O–H groups in total. The maximum absolute atomic E-state index is 13.1. The van der Waals surface area contributed by atoms with Gasteiger partial charge in [-0.15, -0.1) is 15.3 Å². The van der Waals surface area contributed by atoms with Crippen LogP contribution >= 0.6 is 0 Å². The van der Waals surface area contributed by atoms with Crippen LogP contribution in [0.15, 0.2) is 30.3 Å². The van der Waals surface area contributed by atoms with E-state index in [-0.39, 0.29) is 5.65 Å². The van der Waals surface area contributed by atoms with Gasteiger partial charge in [0.15, 0.2) is 11.8 Å². The van der Waals surface area contributed by atoms with Crippen LogP contribution in [0, 0.1) is 19.8 Å². The lowest BCUT2D eigenvalue weighted by Gasteiger charge is -2.32. The highest BCUT2D eigenvalue weighted by Gasteiger charge is 2.38. The lowest BCUT2D eigenvalue weighted by molar-refractivity contribution is -0.158. The minimum atomic E-state index is -4.68. The number of nitrogens with zero attached hydrogens (tertiary/aromatic N) is 5. The summed E-state index contributed by atoms with van der Waals surface area (Å²) in [5.41, 5.74) is 2.50. The number of ether oxygens (including phenoxy) is 1. The molecule has 1 aliphatic rings. The number of piperidine rings is 1. The first kappa shape index (κ1) is 24.4. The molecule has 4 rings (SSSR count). The average molecular weight is 490 g/mol. The first-order chi connectivity index (χ1) is 16.5. The Morgan fingerprint density at radius 2 is 1.74 bits per heavy atom. The number of anilines is 2. The van der Waals surface area contributed by atoms with E-state index < -0.39 is 35.9 Å². The Bertz CT molecular complexity index is 1230. The van der Waals surface area contributed by atoms with Crippen LogP contribution in [0.2, 0.25) is 0 Å². The van der Waals surface area contributed by atoms with Gasteiger partial charge in [-0.1, -0.05) is 18.2 Å². The summed E-state index contributed by atoms with van der Waals surface area (Å²) in [6.07, 6.45) is -4.82. The molecule has 0 spiro atoms. The fraction of sp³-hybridized carbons (Fsp3) is 0.435. The van der Waals surface area contributed by atoms with Crippen LogP contribution in [0.1, 0.15) is 36.7 Å². The number of rotatable bonds is 5. The summed E-state index contributed by atoms with van der Waals surface area (Å²) in [6, 6.07) is 8.65. The summed E-state index contributed by atoms with van der Waals surface area (Å²) < 4.78 is 45.5. The van der Waals surface area contributed by atoms with E-state index in [1.807, 2.05) is 32.0 Å². The Hall–Kier alpha value is -3.70. The van der Waals surface area contributed by atoms with E-state index in [2.05, 4.69) is 20.6 Å². The molecule has 35 heavy (non-hydrogen) atoms. The number of fused-ring (bicyclic) bond motifs is 1. The van der Waals surface area contributed by atoms with Crippen molar-refractivity contribution in [3.05, 3.63) is 47.3 Å². The van der Waals surface area contributed by atoms with E-state index in [1.54, 1.807) is 11.0 Å². The number of alkyl halides is 3. The number of carbonyl (C=O) groups excluding carboxylic acids is 2. The van der Waals surface area contributed by atoms with Gasteiger partial charge in [0.2, 0.25) is 0 Å². The molecule has 2 aromatic heterocycles. The maximum Gasteiger partial charge on any atom is 0.453 e. The van der Waals surface area contributed by atoms with Crippen molar-refractivity contribution in [2.75, 3.05) is 23.3 Å². The van der Waals surface area contributed by atoms with Crippen LogP contribution in [0.25, 0.3) is 5.65 Å². The standard InChI is InChI=1S/C23H25F3N6O3/c1-13-5-4-6-14(2)19(13)27-20(33)15(3)35-21(34)16-9-11-31(12-10-16)18-8-7-17-28-29-22(23(24,25)26)32(17)30-18/h4-8,15-16H,9-12H2,1-3H3,(H,27,33). The molecule has 0 radical (unpaired) electrons. The zero-order valence-corrected chi connectivity index (χ0v) is 19.5. The molecule has 1 aromatic carbocycles. The smallest absolute Gasteiger partial charge is 0.452 e. The number of benzene rings is 1. The fourth-order valence-electron chi connectivity index (χ4n) is 4.03. The Morgan fingerprint density at radius 3 is 2.37 bits per heavy atom. The number of hydrogen-bond acceptors (Lipinski definition) is 7. The predicted octanol–water partition coefficient (Wildman–Crippen LogP) is 3.55. The van der Waals surface area contributed by atoms with Crippen molar-refractivity contribution in [1.82, 2.24) is 19.8 Å². The third-order valence-electron chi connectivity index (χ3n) is 6.05. The second-order valence-corrected chi connectivity index (χ2v) is 8.58. The van der Waals surface area contributed by atoms with Gasteiger partial charge in [0, 0.05) is 18.8 Å². The highest BCUT2D eigenvalue weighted by molar-refractivity contribution is 5.96. The van der Waals surface area contributed by atoms with Gasteiger partial charge in [0.25, 0.3) is 11.7 Å². The van der Waals surface area contributed by atoms with E-state index in [0.29, 0.717) is 42.0 Å². The van der Waals surface area contributed by atoms with Crippen LogP contribution in [-0.2, 0) is 20.5 Å². The number of amides is 1. The van der Waals surface area contributed by atoms with E-state index in [4.69, 9.17) is 4.74 Å². The minimum Gasteiger partial charge on any atom is -0.452 e. The van der Waals surface area contributed by atoms with Gasteiger partial charge in [0.1, 0.15) is 5.82 Å². The third kappa shape index (κ3) is 5.20. The van der Waals surface area contributed by atoms with Gasteiger partial charge in [-0.2, -0.15) is 17.7 Å². The van der Waals surface area contributed by atoms with Gasteiger partial charge in [0.05, 0.1) is 5.92 Å². The molecule has 186 valence electrons. The number of nitrogens with one attached hydrogen (secondary N) is 1. The maximum atomic E-state index is 13.1. The zero-order valence-electron chi connectivity index (χ0n) is 19.5. The van der Waals surface area contributed by atoms with E-state index >= 15 is 0 Å². The molecular formula is C23H25F3N6O3. The number of aryl methyl sites for hydroxylation is 2. The summed E-state index contributed by atoms with van der Waals surface area (Å²) >= 11 is 0. The first-order valence-corrected chi connectivity index (χ1v) is 11.2. The van der Waals surface area contributed by atoms with Crippen LogP contribution in [0.4, 0.5) is 24.7 Å². The van der Waals surface area contributed by atoms with Gasteiger partial charge in [-0.05, 0) is 56.9 Å². The number of para-hydroxylation sites is 1. The molecule has 1 unspecified atom stereocenters. The minimum absolute atomic E-state index is 0.00677. The number of aromatic nitrogens is 4. The molecule has 1 saturated heterocycles. The molecular weight excluding hydrogens is 465 g/mol. The van der Waals surface area contributed by atoms with Crippen molar-refractivity contribution in [2.24, 2.45) is 5.92 Å². The molecule has 3 aromatic rings. The largest absolute Gasteiger partial charge is 0.453 e. The molecule has 1 aliphatic heterocycles. The van der Waals surface area contributed by atoms with Crippen LogP contribution in [0.5, 0.6) is 0 Å². The van der Waals surface area contributed by atoms with Crippen LogP contribution in [-0.4, -0.2) is 50.9 Å². The highest BCUT2D eigenvalue weighted by Crippen LogP contribution is 2.29. The van der Waals surface area contributed by atoms with Crippen molar-refractivity contribution in [1.29, 1.82) is 0 Å². The van der Waals surface area contributed by atoms with Gasteiger partial charge >= 0.3 is 12.1 Å². The van der Waals surface area contributed by atoms with Gasteiger partial charge in [-0.25, -0.2) is 0 Å². The van der Waals surface area contributed by atoms with Gasteiger partial charge < -0.3 is 15.0 Å². The molecule has 0 bridgehead atoms. The molecule has 0 aliphatic carbocycles. The lowest BCUT2D eigenvalue weighted by Crippen LogP contribution is -2.39. The topological polar surface area (TPSA) is 102 Å². The molecule has 1 atom stereocenters. The molecule has 9 nitrogen and oxygen atoms in total. The summed E-state index contributed by atoms with van der Waals surface area (Å²) in [4.78, 5) is 27.0. The van der Waals surface area contributed by atoms with Crippen molar-refractivity contribution in [3.63, 3.8) is 0 Å². The predicted molar refractivity (Wildman–Crippen MR) is 121 cm³/mol. The second-order valence-electron chi connectivity index (χ2n) is 8.58. The molecule has 1 fully saturated rings. The Labute approximate surface area is 199 Å². The Balaban J connectivity index is 1.34. The number of esters is 1. The second kappa shape index (κ2) is 9.51. The Kier molecular flexibility index (Phi) is 6.64. The molecule has 1 amide bonds. The molecule has 0 saturated carbocycles. The van der Waals surface area contributed by atoms with E-state index in [0.717, 1.165) is 11.1 Å². The molecule has 3 heterocycles. The highest BCUT2D eigenvalue weighted by atomic mass is 19.4. The zero-order chi connectivity index (χ0) is 25.3. The van der Waals surface area contributed by atoms with Crippen LogP contribution in [0.3, 0.4) is 0 Å². The summed E-state index contributed by atoms with van der Waals surface area (Å²) in [7, 11) is 0. The van der Waals surface area contributed by atoms with Gasteiger partial charge in [-0.3, -0.25) is 9.59 Å². The van der Waals surface area contributed by atoms with Crippen molar-refractivity contribution >= 4 is 29.0 Å². The third-order valence-corrected chi connectivity index (χ3v) is 6.05. The Morgan fingerprint density at radius 1 is 1.09 bits per heavy atom. The number of halogens is 3. The number of hydrogen-bond donors (Lipinski definition) is 1. The average Bonchev–Trinajstić information content (AvgIpc) is 3.25. The lowest BCUT2D eigenvalue weighted by atomic mass is 9.97. The monoisotopic (exact) mass is 490 g/mol. The molecule has 12 heteroatoms. The van der Waals surface area contributed by atoms with Crippen molar-refractivity contribution in [2.45, 2.75) is 45.9 Å². The fourth-order valence-corrected chi connectivity index (χ4v) is 4.03. The van der Waals surface area contributed by atoms with Crippen molar-refractivity contribution in [3.8, 4) is 0 Å². The number of carbonyl (C=O) groups is 2. The summed E-state index contributed by atoms with van der Waals surface area (Å²) in [5.74, 6) is -2.18. The van der Waals surface area contributed by atoms with Crippen molar-refractivity contribution < 1.29 is 27.5 Å². The SMILES string of the molecule is Cc1cccc(C)c1NC(=O)C(C)OC(=O)C1CCN(c2ccc3nnc(C(F)(F)F)n3n2)CC1. The van der Waals surface area contributed by atoms with E-state index in [1.165, 1.54) is 13.0 Å².